The monoisotopic (exact) mass is 470 g/mol. The molecule has 1 aliphatic rings. The molecule has 0 spiro atoms. The molecule has 0 fully saturated rings. The van der Waals surface area contributed by atoms with Crippen molar-refractivity contribution < 1.29 is 9.18 Å². The van der Waals surface area contributed by atoms with Crippen molar-refractivity contribution in [2.24, 2.45) is 0 Å². The lowest BCUT2D eigenvalue weighted by Gasteiger charge is -2.16. The Labute approximate surface area is 197 Å². The predicted octanol–water partition coefficient (Wildman–Crippen LogP) is 4.89. The number of fused-ring (bicyclic) bond motifs is 4. The summed E-state index contributed by atoms with van der Waals surface area (Å²) in [5, 5.41) is 3.15. The van der Waals surface area contributed by atoms with Gasteiger partial charge in [-0.3, -0.25) is 4.79 Å². The first-order valence-corrected chi connectivity index (χ1v) is 10.8. The second-order valence-electron chi connectivity index (χ2n) is 7.94. The molecule has 0 radical (unpaired) electrons. The number of nitrogens with one attached hydrogen (secondary N) is 2. The van der Waals surface area contributed by atoms with Gasteiger partial charge in [0.25, 0.3) is 5.91 Å². The first-order valence-electron chi connectivity index (χ1n) is 10.5. The topological polar surface area (TPSA) is 110 Å². The molecule has 4 N–H and O–H groups in total. The van der Waals surface area contributed by atoms with Crippen molar-refractivity contribution in [1.82, 2.24) is 25.3 Å². The van der Waals surface area contributed by atoms with Gasteiger partial charge in [-0.2, -0.15) is 0 Å². The van der Waals surface area contributed by atoms with Gasteiger partial charge >= 0.3 is 0 Å². The molecular weight excluding hydrogens is 455 g/mol. The average molecular weight is 471 g/mol. The minimum atomic E-state index is -0.462. The highest BCUT2D eigenvalue weighted by molar-refractivity contribution is 6.33. The summed E-state index contributed by atoms with van der Waals surface area (Å²) in [7, 11) is 0. The van der Waals surface area contributed by atoms with Gasteiger partial charge in [-0.25, -0.2) is 19.3 Å². The Morgan fingerprint density at radius 3 is 2.71 bits per heavy atom. The van der Waals surface area contributed by atoms with E-state index in [-0.39, 0.29) is 22.5 Å². The summed E-state index contributed by atoms with van der Waals surface area (Å²) >= 11 is 6.15. The molecule has 0 bridgehead atoms. The van der Waals surface area contributed by atoms with Gasteiger partial charge in [0.15, 0.2) is 5.69 Å². The molecule has 0 saturated carbocycles. The molecule has 0 saturated heterocycles. The van der Waals surface area contributed by atoms with Gasteiger partial charge in [-0.05, 0) is 40.5 Å². The zero-order valence-electron chi connectivity index (χ0n) is 17.5. The number of carbonyl (C=O) groups excluding carboxylic acids is 1. The molecule has 166 valence electrons. The van der Waals surface area contributed by atoms with E-state index < -0.39 is 11.9 Å². The first kappa shape index (κ1) is 20.3. The third-order valence-electron chi connectivity index (χ3n) is 5.90. The Morgan fingerprint density at radius 1 is 1.03 bits per heavy atom. The quantitative estimate of drug-likeness (QED) is 0.347. The van der Waals surface area contributed by atoms with Gasteiger partial charge in [0.05, 0.1) is 28.3 Å². The Morgan fingerprint density at radius 2 is 1.82 bits per heavy atom. The van der Waals surface area contributed by atoms with E-state index in [2.05, 4.69) is 25.3 Å². The van der Waals surface area contributed by atoms with Crippen molar-refractivity contribution in [2.75, 3.05) is 5.73 Å². The third-order valence-corrected chi connectivity index (χ3v) is 6.18. The number of anilines is 1. The smallest absolute Gasteiger partial charge is 0.272 e. The van der Waals surface area contributed by atoms with Gasteiger partial charge in [0, 0.05) is 5.56 Å². The molecular formula is C25H16ClFN6O. The van der Waals surface area contributed by atoms with Crippen LogP contribution in [0.15, 0.2) is 66.9 Å². The molecule has 1 aliphatic carbocycles. The molecule has 1 atom stereocenters. The molecule has 1 unspecified atom stereocenters. The van der Waals surface area contributed by atoms with Crippen LogP contribution in [0.25, 0.3) is 33.5 Å². The molecule has 0 aliphatic heterocycles. The van der Waals surface area contributed by atoms with E-state index in [9.17, 15) is 9.18 Å². The van der Waals surface area contributed by atoms with Crippen molar-refractivity contribution in [3.05, 3.63) is 94.5 Å². The van der Waals surface area contributed by atoms with Crippen LogP contribution in [0.2, 0.25) is 5.02 Å². The number of hydrogen-bond donors (Lipinski definition) is 3. The maximum atomic E-state index is 13.7. The first-order chi connectivity index (χ1) is 16.5. The van der Waals surface area contributed by atoms with Crippen molar-refractivity contribution in [3.8, 4) is 22.5 Å². The second-order valence-corrected chi connectivity index (χ2v) is 8.34. The van der Waals surface area contributed by atoms with Crippen LogP contribution >= 0.6 is 11.6 Å². The minimum absolute atomic E-state index is 0.00978. The number of carbonyl (C=O) groups is 1. The van der Waals surface area contributed by atoms with Gasteiger partial charge in [0.1, 0.15) is 11.6 Å². The predicted molar refractivity (Wildman–Crippen MR) is 128 cm³/mol. The summed E-state index contributed by atoms with van der Waals surface area (Å²) in [4.78, 5) is 28.8. The van der Waals surface area contributed by atoms with E-state index in [4.69, 9.17) is 17.3 Å². The Kier molecular flexibility index (Phi) is 4.56. The fourth-order valence-electron chi connectivity index (χ4n) is 4.46. The van der Waals surface area contributed by atoms with E-state index >= 15 is 0 Å². The molecule has 3 aromatic carbocycles. The number of aromatic amines is 1. The van der Waals surface area contributed by atoms with Crippen LogP contribution in [0.4, 0.5) is 10.3 Å². The Balaban J connectivity index is 1.48. The highest BCUT2D eigenvalue weighted by Gasteiger charge is 2.33. The zero-order chi connectivity index (χ0) is 23.4. The molecule has 2 aromatic heterocycles. The number of nitrogen functional groups attached to an aromatic ring is 1. The van der Waals surface area contributed by atoms with E-state index in [1.54, 1.807) is 6.07 Å². The average Bonchev–Trinajstić information content (AvgIpc) is 3.40. The Bertz CT molecular complexity index is 1610. The lowest BCUT2D eigenvalue weighted by molar-refractivity contribution is 0.0938. The van der Waals surface area contributed by atoms with Gasteiger partial charge in [-0.1, -0.05) is 54.1 Å². The number of hydrogen-bond acceptors (Lipinski definition) is 5. The summed E-state index contributed by atoms with van der Waals surface area (Å²) in [6.07, 6.45) is 1.30. The molecule has 7 nitrogen and oxygen atoms in total. The maximum absolute atomic E-state index is 13.7. The van der Waals surface area contributed by atoms with Crippen LogP contribution in [0.5, 0.6) is 0 Å². The van der Waals surface area contributed by atoms with Gasteiger partial charge in [-0.15, -0.1) is 0 Å². The van der Waals surface area contributed by atoms with Crippen molar-refractivity contribution in [2.45, 2.75) is 6.04 Å². The third kappa shape index (κ3) is 3.19. The summed E-state index contributed by atoms with van der Waals surface area (Å²) < 4.78 is 13.7. The fraction of sp³-hybridized carbons (Fsp3) is 0.0400. The SMILES string of the molecule is Nc1ncc(Cl)c(C(=O)NC2c3ccccc3-c3c(-c4nc5ccc(F)cc5[nH]4)cccc32)n1. The number of nitrogens with zero attached hydrogens (tertiary/aromatic N) is 3. The number of aromatic nitrogens is 4. The molecule has 6 rings (SSSR count). The summed E-state index contributed by atoms with van der Waals surface area (Å²) in [5.41, 5.74) is 11.5. The molecule has 1 amide bonds. The van der Waals surface area contributed by atoms with Crippen molar-refractivity contribution in [1.29, 1.82) is 0 Å². The molecule has 9 heteroatoms. The minimum Gasteiger partial charge on any atom is -0.368 e. The standard InChI is InChI=1S/C25H16ClFN6O/c26-17-11-29-25(28)33-22(17)24(34)32-21-14-5-2-1-4-13(14)20-15(21)6-3-7-16(20)23-30-18-9-8-12(27)10-19(18)31-23/h1-11,21H,(H,30,31)(H,32,34)(H2,28,29,33). The molecule has 5 aromatic rings. The summed E-state index contributed by atoms with van der Waals surface area (Å²) in [6.45, 7) is 0. The van der Waals surface area contributed by atoms with E-state index in [0.717, 1.165) is 27.8 Å². The molecule has 34 heavy (non-hydrogen) atoms. The van der Waals surface area contributed by atoms with Crippen molar-refractivity contribution >= 4 is 34.5 Å². The van der Waals surface area contributed by atoms with Crippen LogP contribution in [0.1, 0.15) is 27.7 Å². The van der Waals surface area contributed by atoms with Crippen LogP contribution in [0, 0.1) is 5.82 Å². The van der Waals surface area contributed by atoms with Crippen LogP contribution in [0.3, 0.4) is 0 Å². The number of amides is 1. The van der Waals surface area contributed by atoms with Crippen LogP contribution < -0.4 is 11.1 Å². The lowest BCUT2D eigenvalue weighted by atomic mass is 9.99. The summed E-state index contributed by atoms with van der Waals surface area (Å²) in [6, 6.07) is 17.7. The number of halogens is 2. The maximum Gasteiger partial charge on any atom is 0.272 e. The van der Waals surface area contributed by atoms with Crippen LogP contribution in [-0.2, 0) is 0 Å². The molecule has 2 heterocycles. The zero-order valence-corrected chi connectivity index (χ0v) is 18.3. The van der Waals surface area contributed by atoms with Crippen LogP contribution in [-0.4, -0.2) is 25.8 Å². The van der Waals surface area contributed by atoms with E-state index in [0.29, 0.717) is 16.9 Å². The van der Waals surface area contributed by atoms with E-state index in [1.165, 1.54) is 18.3 Å². The second kappa shape index (κ2) is 7.64. The normalized spacial score (nSPS) is 14.1. The highest BCUT2D eigenvalue weighted by atomic mass is 35.5. The number of benzene rings is 3. The number of imidazole rings is 1. The van der Waals surface area contributed by atoms with Gasteiger partial charge in [0.2, 0.25) is 5.95 Å². The van der Waals surface area contributed by atoms with Crippen molar-refractivity contribution in [3.63, 3.8) is 0 Å². The fourth-order valence-corrected chi connectivity index (χ4v) is 4.63. The highest BCUT2D eigenvalue weighted by Crippen LogP contribution is 2.47. The lowest BCUT2D eigenvalue weighted by Crippen LogP contribution is -2.29. The number of nitrogens with two attached hydrogens (primary N) is 1. The van der Waals surface area contributed by atoms with E-state index in [1.807, 2.05) is 42.5 Å². The Hall–Kier alpha value is -4.30. The largest absolute Gasteiger partial charge is 0.368 e. The number of rotatable bonds is 3. The van der Waals surface area contributed by atoms with Gasteiger partial charge < -0.3 is 16.0 Å². The summed E-state index contributed by atoms with van der Waals surface area (Å²) in [5.74, 6) is -0.217. The number of H-pyrrole nitrogens is 1.